The molecule has 0 saturated heterocycles. The van der Waals surface area contributed by atoms with Crippen LogP contribution < -0.4 is 5.32 Å². The molecule has 1 amide bonds. The van der Waals surface area contributed by atoms with E-state index >= 15 is 0 Å². The molecule has 2 aromatic carbocycles. The van der Waals surface area contributed by atoms with Gasteiger partial charge in [0.2, 0.25) is 5.91 Å². The van der Waals surface area contributed by atoms with E-state index in [9.17, 15) is 4.79 Å². The second kappa shape index (κ2) is 7.09. The minimum Gasteiger partial charge on any atom is -0.322 e. The van der Waals surface area contributed by atoms with Gasteiger partial charge in [0.15, 0.2) is 0 Å². The molecule has 0 radical (unpaired) electrons. The van der Waals surface area contributed by atoms with Gasteiger partial charge in [-0.25, -0.2) is 0 Å². The maximum atomic E-state index is 12.0. The fourth-order valence-corrected chi connectivity index (χ4v) is 2.53. The summed E-state index contributed by atoms with van der Waals surface area (Å²) in [6, 6.07) is 16.0. The number of halogens is 1. The van der Waals surface area contributed by atoms with Gasteiger partial charge in [-0.3, -0.25) is 4.79 Å². The van der Waals surface area contributed by atoms with Gasteiger partial charge >= 0.3 is 0 Å². The van der Waals surface area contributed by atoms with Gasteiger partial charge < -0.3 is 5.32 Å². The van der Waals surface area contributed by atoms with E-state index < -0.39 is 0 Å². The number of hydrogen-bond donors (Lipinski definition) is 1. The Morgan fingerprint density at radius 1 is 1.05 bits per heavy atom. The molecular formula is C19H20INO. The Labute approximate surface area is 145 Å². The van der Waals surface area contributed by atoms with Crippen molar-refractivity contribution < 1.29 is 4.79 Å². The van der Waals surface area contributed by atoms with Crippen LogP contribution in [-0.4, -0.2) is 5.91 Å². The molecule has 22 heavy (non-hydrogen) atoms. The normalized spacial score (nSPS) is 11.6. The summed E-state index contributed by atoms with van der Waals surface area (Å²) >= 11 is 2.21. The second-order valence-corrected chi connectivity index (χ2v) is 7.34. The summed E-state index contributed by atoms with van der Waals surface area (Å²) in [5.74, 6) is -0.121. The second-order valence-electron chi connectivity index (χ2n) is 6.17. The molecule has 0 spiro atoms. The van der Waals surface area contributed by atoms with Crippen LogP contribution in [-0.2, 0) is 10.2 Å². The monoisotopic (exact) mass is 405 g/mol. The quantitative estimate of drug-likeness (QED) is 0.549. The standard InChI is InChI=1S/C19H20INO/c1-19(2,3)15-11-8-14(9-12-15)10-13-18(22)21-17-7-5-4-6-16(17)20/h4-13H,1-3H3,(H,21,22)/b13-10+. The summed E-state index contributed by atoms with van der Waals surface area (Å²) in [5.41, 5.74) is 3.28. The molecule has 0 unspecified atom stereocenters. The number of para-hydroxylation sites is 1. The number of benzene rings is 2. The summed E-state index contributed by atoms with van der Waals surface area (Å²) in [4.78, 5) is 12.0. The number of anilines is 1. The Balaban J connectivity index is 2.02. The summed E-state index contributed by atoms with van der Waals surface area (Å²) < 4.78 is 1.02. The molecule has 3 heteroatoms. The zero-order chi connectivity index (χ0) is 16.2. The number of hydrogen-bond acceptors (Lipinski definition) is 1. The molecule has 0 fully saturated rings. The molecule has 0 saturated carbocycles. The fraction of sp³-hybridized carbons (Fsp3) is 0.211. The number of rotatable bonds is 3. The molecule has 2 rings (SSSR count). The number of amides is 1. The van der Waals surface area contributed by atoms with Crippen molar-refractivity contribution in [2.45, 2.75) is 26.2 Å². The van der Waals surface area contributed by atoms with Crippen molar-refractivity contribution in [2.75, 3.05) is 5.32 Å². The van der Waals surface area contributed by atoms with E-state index in [1.807, 2.05) is 42.5 Å². The van der Waals surface area contributed by atoms with Crippen LogP contribution in [0.4, 0.5) is 5.69 Å². The van der Waals surface area contributed by atoms with E-state index in [1.165, 1.54) is 5.56 Å². The summed E-state index contributed by atoms with van der Waals surface area (Å²) in [6.45, 7) is 6.56. The maximum absolute atomic E-state index is 12.0. The lowest BCUT2D eigenvalue weighted by Gasteiger charge is -2.18. The van der Waals surface area contributed by atoms with Gasteiger partial charge in [0.1, 0.15) is 0 Å². The van der Waals surface area contributed by atoms with E-state index in [-0.39, 0.29) is 11.3 Å². The molecule has 0 aliphatic heterocycles. The predicted octanol–water partition coefficient (Wildman–Crippen LogP) is 5.24. The van der Waals surface area contributed by atoms with E-state index in [2.05, 4.69) is 60.8 Å². The highest BCUT2D eigenvalue weighted by atomic mass is 127. The third-order valence-electron chi connectivity index (χ3n) is 3.34. The van der Waals surface area contributed by atoms with Crippen molar-refractivity contribution in [2.24, 2.45) is 0 Å². The average molecular weight is 405 g/mol. The largest absolute Gasteiger partial charge is 0.322 e. The van der Waals surface area contributed by atoms with Crippen LogP contribution in [0.1, 0.15) is 31.9 Å². The first-order chi connectivity index (χ1) is 10.4. The molecule has 2 aromatic rings. The third-order valence-corrected chi connectivity index (χ3v) is 4.28. The van der Waals surface area contributed by atoms with Crippen LogP contribution in [0.25, 0.3) is 6.08 Å². The van der Waals surface area contributed by atoms with Crippen molar-refractivity contribution in [1.82, 2.24) is 0 Å². The number of carbonyl (C=O) groups excluding carboxylic acids is 1. The van der Waals surface area contributed by atoms with E-state index in [1.54, 1.807) is 6.08 Å². The molecule has 0 aliphatic carbocycles. The Morgan fingerprint density at radius 3 is 2.27 bits per heavy atom. The lowest BCUT2D eigenvalue weighted by Crippen LogP contribution is -2.10. The lowest BCUT2D eigenvalue weighted by atomic mass is 9.87. The smallest absolute Gasteiger partial charge is 0.248 e. The molecule has 1 N–H and O–H groups in total. The van der Waals surface area contributed by atoms with Gasteiger partial charge in [-0.1, -0.05) is 57.2 Å². The van der Waals surface area contributed by atoms with Crippen molar-refractivity contribution >= 4 is 40.3 Å². The Morgan fingerprint density at radius 2 is 1.68 bits per heavy atom. The minimum absolute atomic E-state index is 0.121. The number of nitrogens with one attached hydrogen (secondary N) is 1. The Hall–Kier alpha value is -1.62. The van der Waals surface area contributed by atoms with Crippen molar-refractivity contribution in [3.63, 3.8) is 0 Å². The highest BCUT2D eigenvalue weighted by Gasteiger charge is 2.12. The first kappa shape index (κ1) is 16.7. The molecule has 0 aromatic heterocycles. The zero-order valence-electron chi connectivity index (χ0n) is 13.1. The van der Waals surface area contributed by atoms with Crippen molar-refractivity contribution in [3.05, 3.63) is 69.3 Å². The van der Waals surface area contributed by atoms with Crippen molar-refractivity contribution in [3.8, 4) is 0 Å². The van der Waals surface area contributed by atoms with Crippen LogP contribution in [0.2, 0.25) is 0 Å². The molecule has 114 valence electrons. The van der Waals surface area contributed by atoms with Crippen molar-refractivity contribution in [1.29, 1.82) is 0 Å². The molecule has 0 bridgehead atoms. The first-order valence-corrected chi connectivity index (χ1v) is 8.28. The van der Waals surface area contributed by atoms with E-state index in [0.717, 1.165) is 14.8 Å². The minimum atomic E-state index is -0.121. The van der Waals surface area contributed by atoms with Gasteiger partial charge in [0.05, 0.1) is 5.69 Å². The molecule has 0 atom stereocenters. The topological polar surface area (TPSA) is 29.1 Å². The number of carbonyl (C=O) groups is 1. The molecule has 0 aliphatic rings. The average Bonchev–Trinajstić information content (AvgIpc) is 2.47. The van der Waals surface area contributed by atoms with Gasteiger partial charge in [-0.2, -0.15) is 0 Å². The van der Waals surface area contributed by atoms with Crippen LogP contribution in [0.3, 0.4) is 0 Å². The van der Waals surface area contributed by atoms with Crippen LogP contribution >= 0.6 is 22.6 Å². The Kier molecular flexibility index (Phi) is 5.40. The van der Waals surface area contributed by atoms with Gasteiger partial charge in [-0.15, -0.1) is 0 Å². The maximum Gasteiger partial charge on any atom is 0.248 e. The van der Waals surface area contributed by atoms with E-state index in [4.69, 9.17) is 0 Å². The summed E-state index contributed by atoms with van der Waals surface area (Å²) in [7, 11) is 0. The van der Waals surface area contributed by atoms with E-state index in [0.29, 0.717) is 0 Å². The van der Waals surface area contributed by atoms with Crippen LogP contribution in [0.5, 0.6) is 0 Å². The van der Waals surface area contributed by atoms with Gasteiger partial charge in [0.25, 0.3) is 0 Å². The highest BCUT2D eigenvalue weighted by molar-refractivity contribution is 14.1. The predicted molar refractivity (Wildman–Crippen MR) is 102 cm³/mol. The molecular weight excluding hydrogens is 385 g/mol. The molecule has 0 heterocycles. The molecule has 2 nitrogen and oxygen atoms in total. The van der Waals surface area contributed by atoms with Crippen LogP contribution in [0.15, 0.2) is 54.6 Å². The van der Waals surface area contributed by atoms with Gasteiger partial charge in [0, 0.05) is 9.65 Å². The van der Waals surface area contributed by atoms with Gasteiger partial charge in [-0.05, 0) is 57.3 Å². The summed E-state index contributed by atoms with van der Waals surface area (Å²) in [5, 5.41) is 2.88. The third kappa shape index (κ3) is 4.70. The first-order valence-electron chi connectivity index (χ1n) is 7.20. The Bertz CT molecular complexity index is 681. The SMILES string of the molecule is CC(C)(C)c1ccc(/C=C/C(=O)Nc2ccccc2I)cc1. The fourth-order valence-electron chi connectivity index (χ4n) is 2.00. The lowest BCUT2D eigenvalue weighted by molar-refractivity contribution is -0.111. The summed E-state index contributed by atoms with van der Waals surface area (Å²) in [6.07, 6.45) is 3.40. The zero-order valence-corrected chi connectivity index (χ0v) is 15.2. The van der Waals surface area contributed by atoms with Crippen LogP contribution in [0, 0.1) is 3.57 Å². The highest BCUT2D eigenvalue weighted by Crippen LogP contribution is 2.22.